The third-order valence-electron chi connectivity index (χ3n) is 5.00. The van der Waals surface area contributed by atoms with E-state index in [-0.39, 0.29) is 5.91 Å². The summed E-state index contributed by atoms with van der Waals surface area (Å²) in [5.74, 6) is 2.45. The smallest absolute Gasteiger partial charge is 0.254 e. The van der Waals surface area contributed by atoms with Gasteiger partial charge in [-0.15, -0.1) is 0 Å². The molecule has 1 aliphatic heterocycles. The van der Waals surface area contributed by atoms with Crippen molar-refractivity contribution in [3.8, 4) is 11.3 Å². The maximum absolute atomic E-state index is 12.9. The monoisotopic (exact) mass is 376 g/mol. The summed E-state index contributed by atoms with van der Waals surface area (Å²) >= 11 is 0. The average molecular weight is 376 g/mol. The minimum absolute atomic E-state index is 0.0532. The molecule has 0 aliphatic carbocycles. The number of amides is 1. The van der Waals surface area contributed by atoms with Crippen molar-refractivity contribution in [2.45, 2.75) is 26.3 Å². The molecule has 1 aromatic carbocycles. The van der Waals surface area contributed by atoms with Crippen molar-refractivity contribution in [2.75, 3.05) is 25.0 Å². The lowest BCUT2D eigenvalue weighted by molar-refractivity contribution is 0.0775. The van der Waals surface area contributed by atoms with Crippen LogP contribution in [0, 0.1) is 6.92 Å². The predicted octanol–water partition coefficient (Wildman–Crippen LogP) is 3.92. The van der Waals surface area contributed by atoms with Crippen molar-refractivity contribution in [1.29, 1.82) is 0 Å². The summed E-state index contributed by atoms with van der Waals surface area (Å²) in [6.07, 6.45) is 5.78. The topological polar surface area (TPSA) is 62.5 Å². The van der Waals surface area contributed by atoms with Crippen molar-refractivity contribution >= 4 is 11.7 Å². The van der Waals surface area contributed by atoms with Crippen LogP contribution in [0.4, 0.5) is 5.82 Å². The van der Waals surface area contributed by atoms with Gasteiger partial charge in [-0.1, -0.05) is 12.1 Å². The Morgan fingerprint density at radius 1 is 1.14 bits per heavy atom. The molecular weight excluding hydrogens is 352 g/mol. The fraction of sp³-hybridized carbons (Fsp3) is 0.318. The van der Waals surface area contributed by atoms with Crippen molar-refractivity contribution in [2.24, 2.45) is 0 Å². The Bertz CT molecular complexity index is 976. The van der Waals surface area contributed by atoms with Gasteiger partial charge in [0.15, 0.2) is 5.82 Å². The maximum Gasteiger partial charge on any atom is 0.254 e. The first-order valence-electron chi connectivity index (χ1n) is 9.59. The summed E-state index contributed by atoms with van der Waals surface area (Å²) in [6, 6.07) is 11.4. The molecule has 3 aromatic rings. The Kier molecular flexibility index (Phi) is 5.10. The van der Waals surface area contributed by atoms with Gasteiger partial charge in [0.2, 0.25) is 0 Å². The molecule has 1 amide bonds. The molecule has 28 heavy (non-hydrogen) atoms. The molecule has 0 unspecified atom stereocenters. The molecule has 0 atom stereocenters. The second-order valence-corrected chi connectivity index (χ2v) is 7.18. The van der Waals surface area contributed by atoms with Crippen LogP contribution < -0.4 is 4.90 Å². The Morgan fingerprint density at radius 2 is 1.93 bits per heavy atom. The first-order valence-corrected chi connectivity index (χ1v) is 9.59. The highest BCUT2D eigenvalue weighted by atomic mass is 16.3. The number of hydrogen-bond acceptors (Lipinski definition) is 5. The quantitative estimate of drug-likeness (QED) is 0.675. The van der Waals surface area contributed by atoms with Crippen molar-refractivity contribution in [3.63, 3.8) is 0 Å². The van der Waals surface area contributed by atoms with Gasteiger partial charge in [0.25, 0.3) is 5.91 Å². The third-order valence-corrected chi connectivity index (χ3v) is 5.00. The molecule has 0 bridgehead atoms. The first kappa shape index (κ1) is 18.2. The van der Waals surface area contributed by atoms with Gasteiger partial charge in [-0.25, -0.2) is 4.98 Å². The zero-order valence-corrected chi connectivity index (χ0v) is 16.3. The third kappa shape index (κ3) is 3.76. The largest absolute Gasteiger partial charge is 0.464 e. The molecule has 0 radical (unpaired) electrons. The Labute approximate surface area is 164 Å². The molecule has 4 rings (SSSR count). The van der Waals surface area contributed by atoms with Crippen LogP contribution in [0.5, 0.6) is 0 Å². The number of anilines is 1. The normalized spacial score (nSPS) is 13.7. The van der Waals surface area contributed by atoms with E-state index in [0.717, 1.165) is 41.7 Å². The lowest BCUT2D eigenvalue weighted by Gasteiger charge is -2.20. The van der Waals surface area contributed by atoms with E-state index < -0.39 is 0 Å². The summed E-state index contributed by atoms with van der Waals surface area (Å²) in [4.78, 5) is 26.0. The highest BCUT2D eigenvalue weighted by Crippen LogP contribution is 2.29. The molecule has 0 saturated carbocycles. The van der Waals surface area contributed by atoms with Crippen molar-refractivity contribution in [1.82, 2.24) is 14.9 Å². The molecule has 6 nitrogen and oxygen atoms in total. The zero-order chi connectivity index (χ0) is 19.5. The molecule has 0 spiro atoms. The number of furan rings is 1. The predicted molar refractivity (Wildman–Crippen MR) is 108 cm³/mol. The second kappa shape index (κ2) is 7.84. The van der Waals surface area contributed by atoms with Gasteiger partial charge < -0.3 is 14.2 Å². The van der Waals surface area contributed by atoms with Gasteiger partial charge in [-0.05, 0) is 44.0 Å². The van der Waals surface area contributed by atoms with Crippen LogP contribution in [-0.2, 0) is 6.54 Å². The van der Waals surface area contributed by atoms with E-state index in [0.29, 0.717) is 12.1 Å². The summed E-state index contributed by atoms with van der Waals surface area (Å²) < 4.78 is 5.59. The van der Waals surface area contributed by atoms with E-state index in [1.807, 2.05) is 43.3 Å². The van der Waals surface area contributed by atoms with E-state index in [4.69, 9.17) is 4.42 Å². The molecule has 1 saturated heterocycles. The van der Waals surface area contributed by atoms with Crippen LogP contribution in [0.1, 0.15) is 34.7 Å². The van der Waals surface area contributed by atoms with Crippen LogP contribution in [0.15, 0.2) is 53.2 Å². The van der Waals surface area contributed by atoms with Gasteiger partial charge in [0.05, 0.1) is 6.54 Å². The highest BCUT2D eigenvalue weighted by molar-refractivity contribution is 5.95. The molecule has 144 valence electrons. The number of nitrogens with zero attached hydrogens (tertiary/aromatic N) is 4. The van der Waals surface area contributed by atoms with Gasteiger partial charge in [0, 0.05) is 43.7 Å². The van der Waals surface area contributed by atoms with Crippen LogP contribution >= 0.6 is 0 Å². The number of aryl methyl sites for hydroxylation is 1. The first-order chi connectivity index (χ1) is 13.6. The van der Waals surface area contributed by atoms with E-state index in [2.05, 4.69) is 14.9 Å². The lowest BCUT2D eigenvalue weighted by atomic mass is 10.1. The summed E-state index contributed by atoms with van der Waals surface area (Å²) in [7, 11) is 1.78. The zero-order valence-electron chi connectivity index (χ0n) is 16.3. The van der Waals surface area contributed by atoms with Crippen LogP contribution in [0.3, 0.4) is 0 Å². The van der Waals surface area contributed by atoms with Crippen molar-refractivity contribution < 1.29 is 9.21 Å². The highest BCUT2D eigenvalue weighted by Gasteiger charge is 2.20. The van der Waals surface area contributed by atoms with E-state index in [1.165, 1.54) is 12.8 Å². The van der Waals surface area contributed by atoms with E-state index in [9.17, 15) is 4.79 Å². The van der Waals surface area contributed by atoms with Crippen LogP contribution in [0.2, 0.25) is 0 Å². The molecule has 3 heterocycles. The van der Waals surface area contributed by atoms with Crippen LogP contribution in [0.25, 0.3) is 11.3 Å². The summed E-state index contributed by atoms with van der Waals surface area (Å²) in [6.45, 7) is 4.32. The number of rotatable bonds is 5. The van der Waals surface area contributed by atoms with E-state index in [1.54, 1.807) is 24.3 Å². The average Bonchev–Trinajstić information content (AvgIpc) is 3.39. The minimum Gasteiger partial charge on any atom is -0.464 e. The van der Waals surface area contributed by atoms with Gasteiger partial charge >= 0.3 is 0 Å². The molecule has 1 fully saturated rings. The molecular formula is C22H24N4O2. The number of hydrogen-bond donors (Lipinski definition) is 0. The van der Waals surface area contributed by atoms with E-state index >= 15 is 0 Å². The van der Waals surface area contributed by atoms with Gasteiger partial charge in [-0.3, -0.25) is 9.78 Å². The minimum atomic E-state index is -0.0532. The summed E-state index contributed by atoms with van der Waals surface area (Å²) in [5, 5.41) is 0. The summed E-state index contributed by atoms with van der Waals surface area (Å²) in [5.41, 5.74) is 2.35. The Balaban J connectivity index is 1.59. The SMILES string of the molecule is Cc1ccc(CN(C)C(=O)c2cccc(-c3nccnc3N3CCCC3)c2)o1. The Morgan fingerprint density at radius 3 is 2.68 bits per heavy atom. The van der Waals surface area contributed by atoms with Gasteiger partial charge in [-0.2, -0.15) is 0 Å². The fourth-order valence-corrected chi connectivity index (χ4v) is 3.59. The lowest BCUT2D eigenvalue weighted by Crippen LogP contribution is -2.26. The second-order valence-electron chi connectivity index (χ2n) is 7.18. The fourth-order valence-electron chi connectivity index (χ4n) is 3.59. The molecule has 1 aliphatic rings. The van der Waals surface area contributed by atoms with Gasteiger partial charge in [0.1, 0.15) is 17.2 Å². The van der Waals surface area contributed by atoms with Crippen LogP contribution in [-0.4, -0.2) is 40.9 Å². The molecule has 2 aromatic heterocycles. The Hall–Kier alpha value is -3.15. The number of carbonyl (C=O) groups excluding carboxylic acids is 1. The number of benzene rings is 1. The number of carbonyl (C=O) groups is 1. The maximum atomic E-state index is 12.9. The van der Waals surface area contributed by atoms with Crippen molar-refractivity contribution in [3.05, 3.63) is 65.9 Å². The molecule has 6 heteroatoms. The standard InChI is InChI=1S/C22H24N4O2/c1-16-8-9-19(28-16)15-25(2)22(27)18-7-5-6-17(14-18)20-21(24-11-10-23-20)26-12-3-4-13-26/h5-11,14H,3-4,12-13,15H2,1-2H3. The molecule has 0 N–H and O–H groups in total. The number of aromatic nitrogens is 2.